The van der Waals surface area contributed by atoms with Crippen molar-refractivity contribution in [2.24, 2.45) is 5.73 Å². The number of likely N-dealkylation sites (N-methyl/N-ethyl adjacent to an activating group) is 1. The number of nitrogens with one attached hydrogen (secondary N) is 1. The van der Waals surface area contributed by atoms with Crippen LogP contribution in [-0.4, -0.2) is 41.2 Å². The monoisotopic (exact) mass is 537 g/mol. The molecule has 1 heterocycles. The molecule has 0 saturated carbocycles. The summed E-state index contributed by atoms with van der Waals surface area (Å²) in [7, 11) is 1.96. The van der Waals surface area contributed by atoms with Crippen LogP contribution in [0.25, 0.3) is 10.9 Å². The maximum absolute atomic E-state index is 13.5. The molecular weight excluding hydrogens is 508 g/mol. The minimum atomic E-state index is -4.54. The molecule has 0 saturated heterocycles. The summed E-state index contributed by atoms with van der Waals surface area (Å²) in [6, 6.07) is 9.24. The second-order valence-electron chi connectivity index (χ2n) is 8.84. The van der Waals surface area contributed by atoms with E-state index >= 15 is 0 Å². The molecule has 0 aliphatic carbocycles. The minimum absolute atomic E-state index is 0.354. The lowest BCUT2D eigenvalue weighted by Crippen LogP contribution is -2.22. The molecule has 0 aliphatic heterocycles. The van der Waals surface area contributed by atoms with E-state index in [4.69, 9.17) is 5.73 Å². The predicted molar refractivity (Wildman–Crippen MR) is 137 cm³/mol. The molecule has 3 aromatic rings. The van der Waals surface area contributed by atoms with E-state index in [0.717, 1.165) is 43.5 Å². The summed E-state index contributed by atoms with van der Waals surface area (Å²) in [5.74, 6) is 0.816. The van der Waals surface area contributed by atoms with Gasteiger partial charge in [-0.1, -0.05) is 19.1 Å². The first kappa shape index (κ1) is 29.0. The van der Waals surface area contributed by atoms with Crippen LogP contribution in [0.3, 0.4) is 0 Å². The van der Waals surface area contributed by atoms with Gasteiger partial charge in [-0.3, -0.25) is 0 Å². The average Bonchev–Trinajstić information content (AvgIpc) is 2.84. The van der Waals surface area contributed by atoms with Crippen molar-refractivity contribution in [2.45, 2.75) is 38.5 Å². The number of hydrogen-bond acceptors (Lipinski definition) is 5. The Labute approximate surface area is 217 Å². The van der Waals surface area contributed by atoms with Crippen LogP contribution < -0.4 is 11.1 Å². The van der Waals surface area contributed by atoms with Gasteiger partial charge in [-0.2, -0.15) is 26.3 Å². The lowest BCUT2D eigenvalue weighted by molar-refractivity contribution is -0.137. The number of nitrogens with two attached hydrogens (primary N) is 1. The fourth-order valence-corrected chi connectivity index (χ4v) is 3.85. The summed E-state index contributed by atoms with van der Waals surface area (Å²) < 4.78 is 79.4. The Morgan fingerprint density at radius 2 is 1.71 bits per heavy atom. The zero-order valence-electron chi connectivity index (χ0n) is 21.0. The van der Waals surface area contributed by atoms with Crippen molar-refractivity contribution in [3.8, 4) is 0 Å². The largest absolute Gasteiger partial charge is 0.416 e. The summed E-state index contributed by atoms with van der Waals surface area (Å²) >= 11 is 0. The van der Waals surface area contributed by atoms with Crippen molar-refractivity contribution in [3.05, 3.63) is 83.3 Å². The van der Waals surface area contributed by atoms with Crippen LogP contribution in [0.1, 0.15) is 30.3 Å². The van der Waals surface area contributed by atoms with Gasteiger partial charge in [0, 0.05) is 36.0 Å². The Bertz CT molecular complexity index is 1280. The van der Waals surface area contributed by atoms with Crippen LogP contribution in [0.2, 0.25) is 0 Å². The van der Waals surface area contributed by atoms with E-state index in [9.17, 15) is 26.3 Å². The maximum atomic E-state index is 13.5. The number of allylic oxidation sites excluding steroid dienone is 3. The van der Waals surface area contributed by atoms with Crippen molar-refractivity contribution in [2.75, 3.05) is 25.5 Å². The zero-order chi connectivity index (χ0) is 27.9. The van der Waals surface area contributed by atoms with E-state index in [0.29, 0.717) is 46.8 Å². The predicted octanol–water partition coefficient (Wildman–Crippen LogP) is 6.78. The summed E-state index contributed by atoms with van der Waals surface area (Å²) in [4.78, 5) is 11.3. The molecule has 0 spiro atoms. The van der Waals surface area contributed by atoms with Gasteiger partial charge in [-0.05, 0) is 74.3 Å². The Morgan fingerprint density at radius 3 is 2.32 bits per heavy atom. The van der Waals surface area contributed by atoms with E-state index in [-0.39, 0.29) is 6.42 Å². The van der Waals surface area contributed by atoms with Gasteiger partial charge in [-0.25, -0.2) is 9.97 Å². The molecule has 0 fully saturated rings. The quantitative estimate of drug-likeness (QED) is 0.221. The molecule has 5 nitrogen and oxygen atoms in total. The number of rotatable bonds is 10. The van der Waals surface area contributed by atoms with Crippen LogP contribution in [0.4, 0.5) is 37.8 Å². The number of halogens is 6. The second-order valence-corrected chi connectivity index (χ2v) is 8.84. The van der Waals surface area contributed by atoms with Crippen LogP contribution in [0.5, 0.6) is 0 Å². The van der Waals surface area contributed by atoms with Crippen molar-refractivity contribution < 1.29 is 26.3 Å². The van der Waals surface area contributed by atoms with Crippen LogP contribution >= 0.6 is 0 Å². The molecule has 3 N–H and O–H groups in total. The fourth-order valence-electron chi connectivity index (χ4n) is 3.85. The van der Waals surface area contributed by atoms with E-state index in [1.165, 1.54) is 12.1 Å². The van der Waals surface area contributed by atoms with E-state index in [1.54, 1.807) is 18.2 Å². The Kier molecular flexibility index (Phi) is 9.37. The Morgan fingerprint density at radius 1 is 1.00 bits per heavy atom. The summed E-state index contributed by atoms with van der Waals surface area (Å²) in [5, 5.41) is 3.57. The number of alkyl halides is 6. The first-order valence-corrected chi connectivity index (χ1v) is 12.0. The van der Waals surface area contributed by atoms with Gasteiger partial charge in [0.05, 0.1) is 11.1 Å². The van der Waals surface area contributed by atoms with Crippen LogP contribution in [-0.2, 0) is 19.0 Å². The highest BCUT2D eigenvalue weighted by Crippen LogP contribution is 2.32. The number of aromatic nitrogens is 2. The van der Waals surface area contributed by atoms with Gasteiger partial charge in [0.1, 0.15) is 11.6 Å². The van der Waals surface area contributed by atoms with Crippen molar-refractivity contribution in [1.82, 2.24) is 14.9 Å². The molecule has 2 aromatic carbocycles. The number of anilines is 2. The number of nitrogens with zero attached hydrogens (tertiary/aromatic N) is 3. The van der Waals surface area contributed by atoms with E-state index in [2.05, 4.69) is 27.1 Å². The molecule has 0 unspecified atom stereocenters. The molecule has 0 amide bonds. The lowest BCUT2D eigenvalue weighted by atomic mass is 10.0. The molecule has 3 rings (SSSR count). The third-order valence-corrected chi connectivity index (χ3v) is 5.77. The molecule has 0 bridgehead atoms. The fraction of sp³-hybridized carbons (Fsp3) is 0.333. The molecule has 38 heavy (non-hydrogen) atoms. The number of fused-ring (bicyclic) bond motifs is 1. The van der Waals surface area contributed by atoms with Crippen molar-refractivity contribution in [1.29, 1.82) is 0 Å². The van der Waals surface area contributed by atoms with Crippen LogP contribution in [0, 0.1) is 0 Å². The highest BCUT2D eigenvalue weighted by molar-refractivity contribution is 5.91. The molecule has 0 atom stereocenters. The van der Waals surface area contributed by atoms with Gasteiger partial charge in [0.25, 0.3) is 0 Å². The summed E-state index contributed by atoms with van der Waals surface area (Å²) in [6.45, 7) is 3.59. The normalized spacial score (nSPS) is 13.1. The van der Waals surface area contributed by atoms with Crippen molar-refractivity contribution in [3.63, 3.8) is 0 Å². The Balaban J connectivity index is 2.00. The van der Waals surface area contributed by atoms with E-state index in [1.807, 2.05) is 7.05 Å². The average molecular weight is 538 g/mol. The molecule has 1 aromatic heterocycles. The molecular formula is C27H29F6N5. The second kappa shape index (κ2) is 12.3. The number of hydrogen-bond donors (Lipinski definition) is 2. The van der Waals surface area contributed by atoms with Gasteiger partial charge < -0.3 is 16.0 Å². The molecule has 204 valence electrons. The lowest BCUT2D eigenvalue weighted by Gasteiger charge is -2.16. The van der Waals surface area contributed by atoms with Gasteiger partial charge in [0.2, 0.25) is 0 Å². The number of benzene rings is 2. The zero-order valence-corrected chi connectivity index (χ0v) is 21.0. The topological polar surface area (TPSA) is 67.1 Å². The molecule has 0 aliphatic rings. The highest BCUT2D eigenvalue weighted by Gasteiger charge is 2.33. The van der Waals surface area contributed by atoms with Crippen LogP contribution in [0.15, 0.2) is 66.4 Å². The standard InChI is InChI=1S/C27H29F6N5/c1-3-14-38(2)15-12-24-36-23-17-18(16-20(5-4-13-34)27(31,32)33)6-11-22(23)25(37-24)35-21-9-7-19(8-10-21)26(28,29)30/h4-11,13,17H,3,12,14-16,34H2,1-2H3,(H,35,36,37)/b13-4-,20-5+. The molecule has 0 radical (unpaired) electrons. The third kappa shape index (κ3) is 7.95. The van der Waals surface area contributed by atoms with E-state index < -0.39 is 23.5 Å². The summed E-state index contributed by atoms with van der Waals surface area (Å²) in [6.07, 6.45) is -4.85. The SMILES string of the molecule is CCCN(C)CCc1nc(Nc2ccc(C(F)(F)F)cc2)c2ccc(C/C(=C\C=C/N)C(F)(F)F)cc2n1. The molecule has 11 heteroatoms. The first-order chi connectivity index (χ1) is 17.9. The van der Waals surface area contributed by atoms with Gasteiger partial charge in [0.15, 0.2) is 0 Å². The Hall–Kier alpha value is -3.60. The first-order valence-electron chi connectivity index (χ1n) is 12.0. The van der Waals surface area contributed by atoms with Crippen molar-refractivity contribution >= 4 is 22.4 Å². The maximum Gasteiger partial charge on any atom is 0.416 e. The highest BCUT2D eigenvalue weighted by atomic mass is 19.4. The van der Waals surface area contributed by atoms with Gasteiger partial charge in [-0.15, -0.1) is 0 Å². The third-order valence-electron chi connectivity index (χ3n) is 5.77. The minimum Gasteiger partial charge on any atom is -0.405 e. The smallest absolute Gasteiger partial charge is 0.405 e. The van der Waals surface area contributed by atoms with Gasteiger partial charge >= 0.3 is 12.4 Å². The summed E-state index contributed by atoms with van der Waals surface area (Å²) in [5.41, 5.74) is 4.86.